The van der Waals surface area contributed by atoms with Gasteiger partial charge in [-0.3, -0.25) is 4.79 Å². The standard InChI is InChI=1S/C9H20N2O4S/c1-4-7-16(14,15)10-8(2)9(13)11(3)5-6-12/h8,10,12H,4-7H2,1-3H3. The lowest BCUT2D eigenvalue weighted by atomic mass is 10.3. The summed E-state index contributed by atoms with van der Waals surface area (Å²) < 4.78 is 25.1. The number of hydrogen-bond acceptors (Lipinski definition) is 4. The molecule has 0 aromatic heterocycles. The second-order valence-electron chi connectivity index (χ2n) is 3.64. The van der Waals surface area contributed by atoms with Crippen molar-refractivity contribution in [3.05, 3.63) is 0 Å². The van der Waals surface area contributed by atoms with Crippen LogP contribution in [-0.2, 0) is 14.8 Å². The lowest BCUT2D eigenvalue weighted by Gasteiger charge is -2.21. The van der Waals surface area contributed by atoms with E-state index >= 15 is 0 Å². The second-order valence-corrected chi connectivity index (χ2v) is 5.52. The zero-order valence-corrected chi connectivity index (χ0v) is 10.7. The number of rotatable bonds is 7. The molecule has 0 bridgehead atoms. The van der Waals surface area contributed by atoms with Crippen LogP contribution < -0.4 is 4.72 Å². The van der Waals surface area contributed by atoms with Crippen LogP contribution in [0.4, 0.5) is 0 Å². The molecule has 0 aliphatic rings. The van der Waals surface area contributed by atoms with E-state index < -0.39 is 16.1 Å². The summed E-state index contributed by atoms with van der Waals surface area (Å²) in [6.07, 6.45) is 0.503. The molecule has 6 nitrogen and oxygen atoms in total. The van der Waals surface area contributed by atoms with Crippen molar-refractivity contribution < 1.29 is 18.3 Å². The van der Waals surface area contributed by atoms with E-state index in [1.54, 1.807) is 6.92 Å². The first-order chi connectivity index (χ1) is 7.34. The van der Waals surface area contributed by atoms with E-state index in [0.29, 0.717) is 6.42 Å². The summed E-state index contributed by atoms with van der Waals surface area (Å²) in [6.45, 7) is 3.29. The molecule has 0 fully saturated rings. The van der Waals surface area contributed by atoms with Crippen LogP contribution >= 0.6 is 0 Å². The van der Waals surface area contributed by atoms with Crippen molar-refractivity contribution in [2.24, 2.45) is 0 Å². The Morgan fingerprint density at radius 2 is 2.06 bits per heavy atom. The van der Waals surface area contributed by atoms with Crippen molar-refractivity contribution >= 4 is 15.9 Å². The molecule has 0 aromatic carbocycles. The molecule has 0 radical (unpaired) electrons. The fourth-order valence-electron chi connectivity index (χ4n) is 1.24. The molecule has 16 heavy (non-hydrogen) atoms. The summed E-state index contributed by atoms with van der Waals surface area (Å²) in [4.78, 5) is 12.9. The van der Waals surface area contributed by atoms with Gasteiger partial charge in [0, 0.05) is 13.6 Å². The highest BCUT2D eigenvalue weighted by molar-refractivity contribution is 7.89. The van der Waals surface area contributed by atoms with Crippen molar-refractivity contribution in [2.45, 2.75) is 26.3 Å². The number of hydrogen-bond donors (Lipinski definition) is 2. The lowest BCUT2D eigenvalue weighted by molar-refractivity contribution is -0.131. The third kappa shape index (κ3) is 5.43. The molecule has 0 heterocycles. The van der Waals surface area contributed by atoms with Crippen molar-refractivity contribution in [2.75, 3.05) is 26.0 Å². The van der Waals surface area contributed by atoms with Gasteiger partial charge in [-0.15, -0.1) is 0 Å². The summed E-state index contributed by atoms with van der Waals surface area (Å²) in [6, 6.07) is -0.798. The summed E-state index contributed by atoms with van der Waals surface area (Å²) in [5.41, 5.74) is 0. The van der Waals surface area contributed by atoms with Crippen LogP contribution in [0, 0.1) is 0 Å². The number of aliphatic hydroxyl groups is 1. The molecule has 0 aromatic rings. The van der Waals surface area contributed by atoms with Crippen molar-refractivity contribution in [1.29, 1.82) is 0 Å². The smallest absolute Gasteiger partial charge is 0.240 e. The van der Waals surface area contributed by atoms with Gasteiger partial charge in [0.1, 0.15) is 0 Å². The second kappa shape index (κ2) is 6.82. The lowest BCUT2D eigenvalue weighted by Crippen LogP contribution is -2.46. The van der Waals surface area contributed by atoms with Gasteiger partial charge < -0.3 is 10.0 Å². The fraction of sp³-hybridized carbons (Fsp3) is 0.889. The Balaban J connectivity index is 4.35. The van der Waals surface area contributed by atoms with E-state index in [4.69, 9.17) is 5.11 Å². The van der Waals surface area contributed by atoms with Gasteiger partial charge in [0.15, 0.2) is 0 Å². The highest BCUT2D eigenvalue weighted by Gasteiger charge is 2.21. The van der Waals surface area contributed by atoms with E-state index in [9.17, 15) is 13.2 Å². The molecule has 0 saturated heterocycles. The predicted octanol–water partition coefficient (Wildman–Crippen LogP) is -0.845. The highest BCUT2D eigenvalue weighted by atomic mass is 32.2. The number of sulfonamides is 1. The van der Waals surface area contributed by atoms with E-state index in [0.717, 1.165) is 0 Å². The van der Waals surface area contributed by atoms with Crippen LogP contribution in [0.15, 0.2) is 0 Å². The minimum Gasteiger partial charge on any atom is -0.395 e. The molecular weight excluding hydrogens is 232 g/mol. The number of carbonyl (C=O) groups excluding carboxylic acids is 1. The predicted molar refractivity (Wildman–Crippen MR) is 61.4 cm³/mol. The number of aliphatic hydroxyl groups excluding tert-OH is 1. The fourth-order valence-corrected chi connectivity index (χ4v) is 2.53. The van der Waals surface area contributed by atoms with Gasteiger partial charge >= 0.3 is 0 Å². The number of nitrogens with zero attached hydrogens (tertiary/aromatic N) is 1. The average Bonchev–Trinajstić information content (AvgIpc) is 2.15. The Morgan fingerprint density at radius 3 is 2.50 bits per heavy atom. The molecule has 1 amide bonds. The first kappa shape index (κ1) is 15.3. The molecule has 0 rings (SSSR count). The Bertz CT molecular complexity index is 315. The third-order valence-corrected chi connectivity index (χ3v) is 3.67. The Morgan fingerprint density at radius 1 is 1.50 bits per heavy atom. The first-order valence-corrected chi connectivity index (χ1v) is 6.85. The van der Waals surface area contributed by atoms with E-state index in [-0.39, 0.29) is 24.8 Å². The van der Waals surface area contributed by atoms with Crippen LogP contribution in [0.25, 0.3) is 0 Å². The van der Waals surface area contributed by atoms with Crippen molar-refractivity contribution in [3.8, 4) is 0 Å². The third-order valence-electron chi connectivity index (χ3n) is 2.01. The summed E-state index contributed by atoms with van der Waals surface area (Å²) >= 11 is 0. The average molecular weight is 252 g/mol. The quantitative estimate of drug-likeness (QED) is 0.618. The van der Waals surface area contributed by atoms with Gasteiger partial charge in [-0.2, -0.15) is 0 Å². The summed E-state index contributed by atoms with van der Waals surface area (Å²) in [5, 5.41) is 8.65. The van der Waals surface area contributed by atoms with Gasteiger partial charge in [0.05, 0.1) is 18.4 Å². The number of likely N-dealkylation sites (N-methyl/N-ethyl adjacent to an activating group) is 1. The van der Waals surface area contributed by atoms with Gasteiger partial charge in [0.25, 0.3) is 0 Å². The topological polar surface area (TPSA) is 86.7 Å². The number of carbonyl (C=O) groups is 1. The normalized spacial score (nSPS) is 13.5. The van der Waals surface area contributed by atoms with Crippen LogP contribution in [0.3, 0.4) is 0 Å². The van der Waals surface area contributed by atoms with Crippen LogP contribution in [0.2, 0.25) is 0 Å². The van der Waals surface area contributed by atoms with E-state index in [1.807, 2.05) is 0 Å². The first-order valence-electron chi connectivity index (χ1n) is 5.20. The van der Waals surface area contributed by atoms with E-state index in [1.165, 1.54) is 18.9 Å². The zero-order chi connectivity index (χ0) is 12.8. The minimum atomic E-state index is -3.38. The molecule has 0 aliphatic heterocycles. The Kier molecular flexibility index (Phi) is 6.54. The minimum absolute atomic E-state index is 0.00827. The summed E-state index contributed by atoms with van der Waals surface area (Å²) in [7, 11) is -1.87. The van der Waals surface area contributed by atoms with Crippen molar-refractivity contribution in [3.63, 3.8) is 0 Å². The Hall–Kier alpha value is -0.660. The maximum atomic E-state index is 11.6. The van der Waals surface area contributed by atoms with Gasteiger partial charge in [-0.1, -0.05) is 6.92 Å². The van der Waals surface area contributed by atoms with Gasteiger partial charge in [-0.05, 0) is 13.3 Å². The SMILES string of the molecule is CCCS(=O)(=O)NC(C)C(=O)N(C)CCO. The monoisotopic (exact) mass is 252 g/mol. The molecule has 96 valence electrons. The molecule has 0 spiro atoms. The molecule has 7 heteroatoms. The van der Waals surface area contributed by atoms with Gasteiger partial charge in [-0.25, -0.2) is 13.1 Å². The number of nitrogens with one attached hydrogen (secondary N) is 1. The Labute approximate surface area is 96.7 Å². The largest absolute Gasteiger partial charge is 0.395 e. The molecule has 2 N–H and O–H groups in total. The molecule has 1 unspecified atom stereocenters. The molecule has 0 saturated carbocycles. The van der Waals surface area contributed by atoms with E-state index in [2.05, 4.69) is 4.72 Å². The maximum Gasteiger partial charge on any atom is 0.240 e. The van der Waals surface area contributed by atoms with Gasteiger partial charge in [0.2, 0.25) is 15.9 Å². The number of amides is 1. The molecule has 1 atom stereocenters. The highest BCUT2D eigenvalue weighted by Crippen LogP contribution is 1.96. The van der Waals surface area contributed by atoms with Crippen LogP contribution in [0.1, 0.15) is 20.3 Å². The molecule has 0 aliphatic carbocycles. The van der Waals surface area contributed by atoms with Crippen molar-refractivity contribution in [1.82, 2.24) is 9.62 Å². The van der Waals surface area contributed by atoms with Crippen LogP contribution in [0.5, 0.6) is 0 Å². The summed E-state index contributed by atoms with van der Waals surface area (Å²) in [5.74, 6) is -0.345. The van der Waals surface area contributed by atoms with Crippen LogP contribution in [-0.4, -0.2) is 56.3 Å². The zero-order valence-electron chi connectivity index (χ0n) is 9.93. The molecular formula is C9H20N2O4S. The maximum absolute atomic E-state index is 11.6.